The lowest BCUT2D eigenvalue weighted by Crippen LogP contribution is -2.40. The van der Waals surface area contributed by atoms with Gasteiger partial charge in [0.15, 0.2) is 5.13 Å². The van der Waals surface area contributed by atoms with Gasteiger partial charge in [-0.3, -0.25) is 19.1 Å². The molecular weight excluding hydrogens is 474 g/mol. The Kier molecular flexibility index (Phi) is 6.29. The lowest BCUT2D eigenvalue weighted by atomic mass is 10.2. The van der Waals surface area contributed by atoms with Gasteiger partial charge in [0, 0.05) is 33.1 Å². The number of halogens is 1. The molecule has 1 aromatic carbocycles. The molecular formula is C20H20BrN3O3S2. The molecule has 0 radical (unpaired) electrons. The van der Waals surface area contributed by atoms with E-state index in [9.17, 15) is 9.59 Å². The van der Waals surface area contributed by atoms with Crippen LogP contribution in [-0.2, 0) is 16.1 Å². The average Bonchev–Trinajstić information content (AvgIpc) is 3.45. The maximum Gasteiger partial charge on any atom is 0.307 e. The Bertz CT molecular complexity index is 1050. The van der Waals surface area contributed by atoms with E-state index < -0.39 is 0 Å². The third-order valence-electron chi connectivity index (χ3n) is 4.84. The fourth-order valence-corrected chi connectivity index (χ4v) is 5.10. The highest BCUT2D eigenvalue weighted by molar-refractivity contribution is 9.10. The molecule has 0 bridgehead atoms. The van der Waals surface area contributed by atoms with Crippen molar-refractivity contribution in [2.24, 2.45) is 0 Å². The van der Waals surface area contributed by atoms with E-state index in [1.165, 1.54) is 15.9 Å². The van der Waals surface area contributed by atoms with Crippen molar-refractivity contribution in [3.05, 3.63) is 54.9 Å². The predicted molar refractivity (Wildman–Crippen MR) is 120 cm³/mol. The van der Waals surface area contributed by atoms with Crippen LogP contribution in [0.5, 0.6) is 0 Å². The molecule has 0 saturated carbocycles. The van der Waals surface area contributed by atoms with Gasteiger partial charge in [0.1, 0.15) is 6.54 Å². The monoisotopic (exact) mass is 493 g/mol. The van der Waals surface area contributed by atoms with Gasteiger partial charge in [0.05, 0.1) is 18.3 Å². The van der Waals surface area contributed by atoms with Crippen LogP contribution in [0.3, 0.4) is 0 Å². The number of carbonyl (C=O) groups excluding carboxylic acids is 1. The van der Waals surface area contributed by atoms with Crippen LogP contribution < -0.4 is 9.77 Å². The maximum atomic E-state index is 13.2. The number of rotatable bonds is 6. The summed E-state index contributed by atoms with van der Waals surface area (Å²) in [5.41, 5.74) is 2.61. The number of aromatic nitrogens is 2. The van der Waals surface area contributed by atoms with Crippen molar-refractivity contribution in [3.63, 3.8) is 0 Å². The number of hydrogen-bond acceptors (Lipinski definition) is 6. The van der Waals surface area contributed by atoms with Crippen LogP contribution in [0.1, 0.15) is 18.5 Å². The summed E-state index contributed by atoms with van der Waals surface area (Å²) >= 11 is 5.98. The summed E-state index contributed by atoms with van der Waals surface area (Å²) in [5.74, 6) is -0.152. The molecule has 9 heteroatoms. The van der Waals surface area contributed by atoms with E-state index in [4.69, 9.17) is 9.72 Å². The molecule has 2 aromatic heterocycles. The normalized spacial score (nSPS) is 16.3. The minimum atomic E-state index is -0.152. The van der Waals surface area contributed by atoms with Crippen LogP contribution in [0.25, 0.3) is 11.3 Å². The zero-order valence-electron chi connectivity index (χ0n) is 15.8. The highest BCUT2D eigenvalue weighted by Crippen LogP contribution is 2.29. The van der Waals surface area contributed by atoms with Gasteiger partial charge in [-0.2, -0.15) is 0 Å². The van der Waals surface area contributed by atoms with Crippen molar-refractivity contribution in [3.8, 4) is 11.3 Å². The number of anilines is 1. The largest absolute Gasteiger partial charge is 0.376 e. The number of carbonyl (C=O) groups is 1. The first-order chi connectivity index (χ1) is 14.0. The van der Waals surface area contributed by atoms with Crippen LogP contribution in [0.2, 0.25) is 0 Å². The quantitative estimate of drug-likeness (QED) is 0.512. The maximum absolute atomic E-state index is 13.2. The molecule has 1 atom stereocenters. The predicted octanol–water partition coefficient (Wildman–Crippen LogP) is 4.32. The third kappa shape index (κ3) is 4.69. The second-order valence-electron chi connectivity index (χ2n) is 6.89. The number of aryl methyl sites for hydroxylation is 1. The molecule has 29 heavy (non-hydrogen) atoms. The number of ether oxygens (including phenoxy) is 1. The second-order valence-corrected chi connectivity index (χ2v) is 9.46. The van der Waals surface area contributed by atoms with Crippen LogP contribution in [0, 0.1) is 6.92 Å². The SMILES string of the molecule is Cc1csc(=O)n1CC(=O)N(C[C@H]1CCCO1)c1nc(-c2ccc(Br)cc2)cs1. The molecule has 1 aliphatic rings. The van der Waals surface area contributed by atoms with E-state index in [0.29, 0.717) is 11.7 Å². The molecule has 1 saturated heterocycles. The fourth-order valence-electron chi connectivity index (χ4n) is 3.24. The molecule has 0 aliphatic carbocycles. The van der Waals surface area contributed by atoms with Crippen LogP contribution in [0.15, 0.2) is 44.3 Å². The van der Waals surface area contributed by atoms with Gasteiger partial charge in [-0.25, -0.2) is 4.98 Å². The van der Waals surface area contributed by atoms with Crippen molar-refractivity contribution >= 4 is 49.6 Å². The van der Waals surface area contributed by atoms with Crippen LogP contribution in [-0.4, -0.2) is 34.7 Å². The fraction of sp³-hybridized carbons (Fsp3) is 0.350. The number of benzene rings is 1. The summed E-state index contributed by atoms with van der Waals surface area (Å²) in [6, 6.07) is 7.91. The number of hydrogen-bond donors (Lipinski definition) is 0. The van der Waals surface area contributed by atoms with E-state index in [1.807, 2.05) is 36.6 Å². The van der Waals surface area contributed by atoms with Crippen molar-refractivity contribution in [1.29, 1.82) is 0 Å². The number of nitrogens with zero attached hydrogens (tertiary/aromatic N) is 3. The Morgan fingerprint density at radius 1 is 1.31 bits per heavy atom. The molecule has 0 spiro atoms. The minimum Gasteiger partial charge on any atom is -0.376 e. The molecule has 0 N–H and O–H groups in total. The van der Waals surface area contributed by atoms with Gasteiger partial charge < -0.3 is 4.74 Å². The average molecular weight is 494 g/mol. The Hall–Kier alpha value is -1.81. The van der Waals surface area contributed by atoms with E-state index in [1.54, 1.807) is 10.3 Å². The van der Waals surface area contributed by atoms with E-state index >= 15 is 0 Å². The first kappa shape index (κ1) is 20.5. The summed E-state index contributed by atoms with van der Waals surface area (Å²) in [5, 5.41) is 4.36. The molecule has 6 nitrogen and oxygen atoms in total. The standard InChI is InChI=1S/C20H20BrN3O3S2/c1-13-11-29-20(26)23(13)10-18(25)24(9-16-3-2-8-27-16)19-22-17(12-28-19)14-4-6-15(21)7-5-14/h4-7,11-12,16H,2-3,8-10H2,1H3/t16-/m1/s1. The molecule has 1 aliphatic heterocycles. The van der Waals surface area contributed by atoms with E-state index in [-0.39, 0.29) is 23.4 Å². The molecule has 0 unspecified atom stereocenters. The zero-order chi connectivity index (χ0) is 20.4. The van der Waals surface area contributed by atoms with E-state index in [0.717, 1.165) is 52.2 Å². The minimum absolute atomic E-state index is 0.000672. The van der Waals surface area contributed by atoms with Gasteiger partial charge in [-0.1, -0.05) is 39.4 Å². The molecule has 3 aromatic rings. The summed E-state index contributed by atoms with van der Waals surface area (Å²) in [6.07, 6.45) is 1.92. The lowest BCUT2D eigenvalue weighted by molar-refractivity contribution is -0.119. The van der Waals surface area contributed by atoms with Crippen LogP contribution in [0.4, 0.5) is 5.13 Å². The first-order valence-electron chi connectivity index (χ1n) is 9.29. The summed E-state index contributed by atoms with van der Waals surface area (Å²) in [6.45, 7) is 3.01. The Labute approximate surface area is 184 Å². The topological polar surface area (TPSA) is 64.4 Å². The number of amides is 1. The smallest absolute Gasteiger partial charge is 0.307 e. The van der Waals surface area contributed by atoms with Gasteiger partial charge in [-0.05, 0) is 31.9 Å². The van der Waals surface area contributed by atoms with Crippen molar-refractivity contribution in [1.82, 2.24) is 9.55 Å². The molecule has 3 heterocycles. The number of thiazole rings is 2. The zero-order valence-corrected chi connectivity index (χ0v) is 19.1. The van der Waals surface area contributed by atoms with E-state index in [2.05, 4.69) is 15.9 Å². The first-order valence-corrected chi connectivity index (χ1v) is 11.8. The molecule has 1 amide bonds. The Morgan fingerprint density at radius 3 is 2.76 bits per heavy atom. The van der Waals surface area contributed by atoms with Gasteiger partial charge in [-0.15, -0.1) is 11.3 Å². The van der Waals surface area contributed by atoms with Gasteiger partial charge in [0.2, 0.25) is 5.91 Å². The molecule has 152 valence electrons. The Morgan fingerprint density at radius 2 is 2.10 bits per heavy atom. The summed E-state index contributed by atoms with van der Waals surface area (Å²) in [7, 11) is 0. The molecule has 1 fully saturated rings. The highest BCUT2D eigenvalue weighted by atomic mass is 79.9. The van der Waals surface area contributed by atoms with Crippen molar-refractivity contribution in [2.45, 2.75) is 32.4 Å². The Balaban J connectivity index is 1.60. The molecule has 4 rings (SSSR count). The third-order valence-corrected chi connectivity index (χ3v) is 7.12. The lowest BCUT2D eigenvalue weighted by Gasteiger charge is -2.23. The summed E-state index contributed by atoms with van der Waals surface area (Å²) in [4.78, 5) is 31.5. The van der Waals surface area contributed by atoms with Crippen molar-refractivity contribution < 1.29 is 9.53 Å². The highest BCUT2D eigenvalue weighted by Gasteiger charge is 2.26. The second kappa shape index (κ2) is 8.91. The summed E-state index contributed by atoms with van der Waals surface area (Å²) < 4.78 is 8.27. The van der Waals surface area contributed by atoms with Gasteiger partial charge >= 0.3 is 4.87 Å². The van der Waals surface area contributed by atoms with Crippen molar-refractivity contribution in [2.75, 3.05) is 18.1 Å². The van der Waals surface area contributed by atoms with Gasteiger partial charge in [0.25, 0.3) is 0 Å². The van der Waals surface area contributed by atoms with Crippen LogP contribution >= 0.6 is 38.6 Å².